The molecule has 2 heterocycles. The molecule has 0 amide bonds. The van der Waals surface area contributed by atoms with E-state index in [0.29, 0.717) is 32.3 Å². The molecule has 1 aromatic carbocycles. The van der Waals surface area contributed by atoms with E-state index in [4.69, 9.17) is 4.74 Å². The summed E-state index contributed by atoms with van der Waals surface area (Å²) in [6.07, 6.45) is 0.784. The number of nitrogens with one attached hydrogen (secondary N) is 2. The van der Waals surface area contributed by atoms with Crippen molar-refractivity contribution in [1.29, 1.82) is 0 Å². The molecule has 2 saturated heterocycles. The number of hydrogen-bond donors (Lipinski definition) is 3. The van der Waals surface area contributed by atoms with Gasteiger partial charge in [0.1, 0.15) is 5.82 Å². The number of ether oxygens (including phenoxy) is 1. The monoisotopic (exact) mass is 538 g/mol. The third kappa shape index (κ3) is 7.54. The summed E-state index contributed by atoms with van der Waals surface area (Å²) in [5.74, 6) is 2.20. The van der Waals surface area contributed by atoms with E-state index in [0.717, 1.165) is 43.1 Å². The second-order valence-corrected chi connectivity index (χ2v) is 8.42. The highest BCUT2D eigenvalue weighted by Crippen LogP contribution is 2.28. The zero-order chi connectivity index (χ0) is 19.8. The summed E-state index contributed by atoms with van der Waals surface area (Å²) in [7, 11) is 0. The molecule has 0 aromatic heterocycles. The molecule has 0 spiro atoms. The van der Waals surface area contributed by atoms with Crippen LogP contribution in [-0.4, -0.2) is 79.0 Å². The second kappa shape index (κ2) is 12.3. The SMILES string of the molecule is CCNC(=NCC1(O)CCSC1)NCC(c1ccc(F)cc1)N1CCOCC1.I. The third-order valence-electron chi connectivity index (χ3n) is 5.16. The number of guanidine groups is 1. The topological polar surface area (TPSA) is 69.1 Å². The highest BCUT2D eigenvalue weighted by atomic mass is 127. The van der Waals surface area contributed by atoms with Crippen molar-refractivity contribution in [2.45, 2.75) is 25.0 Å². The van der Waals surface area contributed by atoms with Gasteiger partial charge in [0.2, 0.25) is 0 Å². The summed E-state index contributed by atoms with van der Waals surface area (Å²) in [5.41, 5.74) is 0.366. The van der Waals surface area contributed by atoms with Gasteiger partial charge in [-0.15, -0.1) is 24.0 Å². The Morgan fingerprint density at radius 1 is 1.31 bits per heavy atom. The molecule has 0 radical (unpaired) electrons. The van der Waals surface area contributed by atoms with Crippen molar-refractivity contribution in [3.63, 3.8) is 0 Å². The highest BCUT2D eigenvalue weighted by molar-refractivity contribution is 14.0. The first-order valence-corrected chi connectivity index (χ1v) is 11.1. The second-order valence-electron chi connectivity index (χ2n) is 7.32. The molecule has 29 heavy (non-hydrogen) atoms. The van der Waals surface area contributed by atoms with Crippen LogP contribution in [0.25, 0.3) is 0 Å². The maximum absolute atomic E-state index is 13.4. The summed E-state index contributed by atoms with van der Waals surface area (Å²) < 4.78 is 18.9. The minimum Gasteiger partial charge on any atom is -0.387 e. The fourth-order valence-electron chi connectivity index (χ4n) is 3.51. The van der Waals surface area contributed by atoms with Gasteiger partial charge >= 0.3 is 0 Å². The van der Waals surface area contributed by atoms with Crippen LogP contribution in [0.3, 0.4) is 0 Å². The molecule has 0 bridgehead atoms. The van der Waals surface area contributed by atoms with Crippen molar-refractivity contribution >= 4 is 41.7 Å². The number of aliphatic hydroxyl groups is 1. The molecule has 3 N–H and O–H groups in total. The Morgan fingerprint density at radius 2 is 2.03 bits per heavy atom. The molecule has 1 aromatic rings. The molecule has 2 atom stereocenters. The van der Waals surface area contributed by atoms with Gasteiger partial charge in [-0.3, -0.25) is 9.89 Å². The Kier molecular flexibility index (Phi) is 10.4. The summed E-state index contributed by atoms with van der Waals surface area (Å²) in [4.78, 5) is 6.98. The fourth-order valence-corrected chi connectivity index (χ4v) is 4.80. The summed E-state index contributed by atoms with van der Waals surface area (Å²) >= 11 is 1.77. The number of morpholine rings is 1. The van der Waals surface area contributed by atoms with E-state index in [-0.39, 0.29) is 35.8 Å². The average Bonchev–Trinajstić information content (AvgIpc) is 3.15. The minimum atomic E-state index is -0.701. The van der Waals surface area contributed by atoms with E-state index in [2.05, 4.69) is 20.5 Å². The smallest absolute Gasteiger partial charge is 0.191 e. The van der Waals surface area contributed by atoms with Gasteiger partial charge in [0.05, 0.1) is 31.4 Å². The number of nitrogens with zero attached hydrogens (tertiary/aromatic N) is 2. The van der Waals surface area contributed by atoms with Crippen LogP contribution in [0, 0.1) is 5.82 Å². The Balaban J connectivity index is 0.00000300. The van der Waals surface area contributed by atoms with Crippen LogP contribution in [-0.2, 0) is 4.74 Å². The standard InChI is InChI=1S/C20H31FN4O2S.HI/c1-2-22-19(24-14-20(26)7-12-28-15-20)23-13-18(25-8-10-27-11-9-25)16-3-5-17(21)6-4-16;/h3-6,18,26H,2,7-15H2,1H3,(H2,22,23,24);1H. The van der Waals surface area contributed by atoms with Gasteiger partial charge in [0.25, 0.3) is 0 Å². The molecule has 2 aliphatic rings. The van der Waals surface area contributed by atoms with Gasteiger partial charge in [0, 0.05) is 31.9 Å². The zero-order valence-corrected chi connectivity index (χ0v) is 20.0. The lowest BCUT2D eigenvalue weighted by Crippen LogP contribution is -2.46. The van der Waals surface area contributed by atoms with Crippen molar-refractivity contribution < 1.29 is 14.2 Å². The van der Waals surface area contributed by atoms with Gasteiger partial charge in [-0.05, 0) is 36.8 Å². The maximum Gasteiger partial charge on any atom is 0.191 e. The third-order valence-corrected chi connectivity index (χ3v) is 6.40. The summed E-state index contributed by atoms with van der Waals surface area (Å²) in [6, 6.07) is 6.81. The zero-order valence-electron chi connectivity index (χ0n) is 16.9. The van der Waals surface area contributed by atoms with E-state index < -0.39 is 5.60 Å². The van der Waals surface area contributed by atoms with Crippen LogP contribution >= 0.6 is 35.7 Å². The van der Waals surface area contributed by atoms with Crippen LogP contribution in [0.15, 0.2) is 29.3 Å². The molecular weight excluding hydrogens is 506 g/mol. The van der Waals surface area contributed by atoms with Gasteiger partial charge in [-0.2, -0.15) is 11.8 Å². The van der Waals surface area contributed by atoms with Crippen LogP contribution in [0.5, 0.6) is 0 Å². The minimum absolute atomic E-state index is 0. The Morgan fingerprint density at radius 3 is 2.66 bits per heavy atom. The molecule has 164 valence electrons. The predicted octanol–water partition coefficient (Wildman–Crippen LogP) is 2.24. The number of rotatable bonds is 7. The van der Waals surface area contributed by atoms with E-state index >= 15 is 0 Å². The lowest BCUT2D eigenvalue weighted by atomic mass is 10.0. The summed E-state index contributed by atoms with van der Waals surface area (Å²) in [5, 5.41) is 17.2. The van der Waals surface area contributed by atoms with Crippen LogP contribution in [0.1, 0.15) is 24.9 Å². The molecular formula is C20H32FIN4O2S. The predicted molar refractivity (Wildman–Crippen MR) is 128 cm³/mol. The molecule has 2 aliphatic heterocycles. The van der Waals surface area contributed by atoms with Gasteiger partial charge < -0.3 is 20.5 Å². The van der Waals surface area contributed by atoms with Crippen LogP contribution < -0.4 is 10.6 Å². The quantitative estimate of drug-likeness (QED) is 0.281. The number of aliphatic imine (C=N–C) groups is 1. The lowest BCUT2D eigenvalue weighted by molar-refractivity contribution is 0.0169. The van der Waals surface area contributed by atoms with Crippen molar-refractivity contribution in [1.82, 2.24) is 15.5 Å². The van der Waals surface area contributed by atoms with Gasteiger partial charge in [-0.1, -0.05) is 12.1 Å². The van der Waals surface area contributed by atoms with E-state index in [1.165, 1.54) is 12.1 Å². The van der Waals surface area contributed by atoms with Crippen LogP contribution in [0.2, 0.25) is 0 Å². The Bertz CT molecular complexity index is 638. The first kappa shape index (κ1) is 24.6. The molecule has 0 saturated carbocycles. The number of hydrogen-bond acceptors (Lipinski definition) is 5. The number of halogens is 2. The first-order chi connectivity index (χ1) is 13.6. The molecule has 6 nitrogen and oxygen atoms in total. The van der Waals surface area contributed by atoms with E-state index in [9.17, 15) is 9.50 Å². The lowest BCUT2D eigenvalue weighted by Gasteiger charge is -2.35. The summed E-state index contributed by atoms with van der Waals surface area (Å²) in [6.45, 7) is 6.91. The largest absolute Gasteiger partial charge is 0.387 e. The Hall–Kier alpha value is -0.620. The van der Waals surface area contributed by atoms with Crippen molar-refractivity contribution in [2.75, 3.05) is 57.4 Å². The van der Waals surface area contributed by atoms with Crippen molar-refractivity contribution in [3.8, 4) is 0 Å². The Labute approximate surface area is 194 Å². The highest BCUT2D eigenvalue weighted by Gasteiger charge is 2.31. The van der Waals surface area contributed by atoms with Gasteiger partial charge in [0.15, 0.2) is 5.96 Å². The van der Waals surface area contributed by atoms with Crippen molar-refractivity contribution in [3.05, 3.63) is 35.6 Å². The van der Waals surface area contributed by atoms with E-state index in [1.54, 1.807) is 11.8 Å². The molecule has 3 rings (SSSR count). The fraction of sp³-hybridized carbons (Fsp3) is 0.650. The molecule has 9 heteroatoms. The van der Waals surface area contributed by atoms with Crippen molar-refractivity contribution in [2.24, 2.45) is 4.99 Å². The normalized spacial score (nSPS) is 24.0. The number of benzene rings is 1. The number of thioether (sulfide) groups is 1. The van der Waals surface area contributed by atoms with Gasteiger partial charge in [-0.25, -0.2) is 4.39 Å². The first-order valence-electron chi connectivity index (χ1n) is 9.99. The molecule has 2 unspecified atom stereocenters. The maximum atomic E-state index is 13.4. The molecule has 2 fully saturated rings. The molecule has 0 aliphatic carbocycles. The van der Waals surface area contributed by atoms with Crippen LogP contribution in [0.4, 0.5) is 4.39 Å². The van der Waals surface area contributed by atoms with E-state index in [1.807, 2.05) is 19.1 Å². The average molecular weight is 538 g/mol.